The van der Waals surface area contributed by atoms with Crippen molar-refractivity contribution in [3.63, 3.8) is 0 Å². The molecule has 0 fully saturated rings. The summed E-state index contributed by atoms with van der Waals surface area (Å²) in [5.41, 5.74) is 6.83. The lowest BCUT2D eigenvalue weighted by Crippen LogP contribution is -2.52. The van der Waals surface area contributed by atoms with Crippen LogP contribution >= 0.6 is 24.8 Å². The van der Waals surface area contributed by atoms with Crippen molar-refractivity contribution >= 4 is 24.8 Å². The van der Waals surface area contributed by atoms with Crippen molar-refractivity contribution in [3.8, 4) is 0 Å². The molecule has 1 rings (SSSR count). The lowest BCUT2D eigenvalue weighted by Gasteiger charge is -2.33. The minimum absolute atomic E-state index is 0. The molecule has 3 N–H and O–H groups in total. The maximum Gasteiger partial charge on any atom is 0.0541 e. The van der Waals surface area contributed by atoms with Crippen molar-refractivity contribution in [3.05, 3.63) is 30.1 Å². The number of halogens is 2. The van der Waals surface area contributed by atoms with Crippen LogP contribution in [0.4, 0.5) is 0 Å². The van der Waals surface area contributed by atoms with Gasteiger partial charge in [0.15, 0.2) is 0 Å². The molecule has 0 amide bonds. The van der Waals surface area contributed by atoms with E-state index in [0.717, 1.165) is 12.2 Å². The van der Waals surface area contributed by atoms with Crippen LogP contribution in [0.25, 0.3) is 0 Å². The summed E-state index contributed by atoms with van der Waals surface area (Å²) in [6.07, 6.45) is 1.81. The Morgan fingerprint density at radius 2 is 2.00 bits per heavy atom. The number of nitrogens with zero attached hydrogens (tertiary/aromatic N) is 1. The van der Waals surface area contributed by atoms with Crippen LogP contribution in [-0.4, -0.2) is 17.1 Å². The molecule has 1 atom stereocenters. The van der Waals surface area contributed by atoms with Crippen molar-refractivity contribution in [2.45, 2.75) is 32.9 Å². The van der Waals surface area contributed by atoms with Crippen LogP contribution in [0.5, 0.6) is 0 Å². The highest BCUT2D eigenvalue weighted by Gasteiger charge is 2.25. The van der Waals surface area contributed by atoms with Gasteiger partial charge in [-0.1, -0.05) is 19.9 Å². The third kappa shape index (κ3) is 5.68. The van der Waals surface area contributed by atoms with Gasteiger partial charge in [-0.05, 0) is 25.0 Å². The van der Waals surface area contributed by atoms with Gasteiger partial charge in [-0.3, -0.25) is 4.98 Å². The van der Waals surface area contributed by atoms with Gasteiger partial charge in [0.05, 0.1) is 5.69 Å². The highest BCUT2D eigenvalue weighted by atomic mass is 35.5. The maximum absolute atomic E-state index is 5.79. The van der Waals surface area contributed by atoms with Crippen LogP contribution in [0.1, 0.15) is 26.5 Å². The molecular weight excluding hydrogens is 257 g/mol. The standard InChI is InChI=1S/C12H21N3.2ClH/c1-10(2)12(3,9-13)15-8-11-6-4-5-7-14-11;;/h4-7,10,15H,8-9,13H2,1-3H3;2*1H. The molecule has 1 aromatic heterocycles. The van der Waals surface area contributed by atoms with Crippen molar-refractivity contribution in [1.29, 1.82) is 0 Å². The van der Waals surface area contributed by atoms with Crippen molar-refractivity contribution < 1.29 is 0 Å². The molecule has 0 saturated carbocycles. The van der Waals surface area contributed by atoms with Crippen LogP contribution in [-0.2, 0) is 6.54 Å². The Labute approximate surface area is 116 Å². The lowest BCUT2D eigenvalue weighted by atomic mass is 9.88. The molecule has 3 nitrogen and oxygen atoms in total. The summed E-state index contributed by atoms with van der Waals surface area (Å²) < 4.78 is 0. The van der Waals surface area contributed by atoms with E-state index in [0.29, 0.717) is 12.5 Å². The molecular formula is C12H23Cl2N3. The number of pyridine rings is 1. The zero-order valence-electron chi connectivity index (χ0n) is 10.6. The fraction of sp³-hybridized carbons (Fsp3) is 0.583. The molecule has 0 aliphatic carbocycles. The molecule has 0 aliphatic rings. The van der Waals surface area contributed by atoms with E-state index >= 15 is 0 Å². The largest absolute Gasteiger partial charge is 0.329 e. The van der Waals surface area contributed by atoms with Crippen LogP contribution in [0, 0.1) is 5.92 Å². The quantitative estimate of drug-likeness (QED) is 0.870. The van der Waals surface area contributed by atoms with Gasteiger partial charge < -0.3 is 11.1 Å². The van der Waals surface area contributed by atoms with Gasteiger partial charge in [0.2, 0.25) is 0 Å². The van der Waals surface area contributed by atoms with Gasteiger partial charge in [0.25, 0.3) is 0 Å². The SMILES string of the molecule is CC(C)C(C)(CN)NCc1ccccn1.Cl.Cl. The minimum atomic E-state index is -0.0163. The summed E-state index contributed by atoms with van der Waals surface area (Å²) in [5, 5.41) is 3.47. The number of aromatic nitrogens is 1. The first-order valence-electron chi connectivity index (χ1n) is 5.43. The van der Waals surface area contributed by atoms with Gasteiger partial charge >= 0.3 is 0 Å². The summed E-state index contributed by atoms with van der Waals surface area (Å²) in [6, 6.07) is 5.94. The molecule has 1 unspecified atom stereocenters. The zero-order chi connectivity index (χ0) is 11.3. The summed E-state index contributed by atoms with van der Waals surface area (Å²) in [5.74, 6) is 0.506. The van der Waals surface area contributed by atoms with E-state index in [1.54, 1.807) is 0 Å². The first-order valence-corrected chi connectivity index (χ1v) is 5.43. The van der Waals surface area contributed by atoms with E-state index in [4.69, 9.17) is 5.73 Å². The van der Waals surface area contributed by atoms with E-state index < -0.39 is 0 Å². The number of rotatable bonds is 5. The lowest BCUT2D eigenvalue weighted by molar-refractivity contribution is 0.266. The molecule has 0 radical (unpaired) electrons. The van der Waals surface area contributed by atoms with Crippen molar-refractivity contribution in [2.24, 2.45) is 11.7 Å². The summed E-state index contributed by atoms with van der Waals surface area (Å²) in [6.45, 7) is 7.92. The second-order valence-corrected chi connectivity index (χ2v) is 4.45. The molecule has 0 bridgehead atoms. The summed E-state index contributed by atoms with van der Waals surface area (Å²) in [4.78, 5) is 4.27. The normalized spacial score (nSPS) is 13.5. The van der Waals surface area contributed by atoms with Gasteiger partial charge in [-0.15, -0.1) is 24.8 Å². The Hall–Kier alpha value is -0.350. The van der Waals surface area contributed by atoms with Gasteiger partial charge in [-0.2, -0.15) is 0 Å². The average Bonchev–Trinajstić information content (AvgIpc) is 2.27. The molecule has 100 valence electrons. The molecule has 17 heavy (non-hydrogen) atoms. The fourth-order valence-corrected chi connectivity index (χ4v) is 1.31. The molecule has 1 aromatic rings. The topological polar surface area (TPSA) is 50.9 Å². The third-order valence-electron chi connectivity index (χ3n) is 3.10. The monoisotopic (exact) mass is 279 g/mol. The predicted octanol–water partition coefficient (Wildman–Crippen LogP) is 2.39. The van der Waals surface area contributed by atoms with Crippen LogP contribution in [0.3, 0.4) is 0 Å². The van der Waals surface area contributed by atoms with E-state index in [9.17, 15) is 0 Å². The first kappa shape index (κ1) is 19.0. The van der Waals surface area contributed by atoms with E-state index in [1.165, 1.54) is 0 Å². The zero-order valence-corrected chi connectivity index (χ0v) is 12.3. The second-order valence-electron chi connectivity index (χ2n) is 4.45. The fourth-order valence-electron chi connectivity index (χ4n) is 1.31. The average molecular weight is 280 g/mol. The first-order chi connectivity index (χ1) is 7.08. The summed E-state index contributed by atoms with van der Waals surface area (Å²) in [7, 11) is 0. The van der Waals surface area contributed by atoms with Crippen molar-refractivity contribution in [2.75, 3.05) is 6.54 Å². The Bertz CT molecular complexity index is 293. The van der Waals surface area contributed by atoms with E-state index in [-0.39, 0.29) is 30.4 Å². The predicted molar refractivity (Wildman–Crippen MR) is 77.9 cm³/mol. The molecule has 0 aliphatic heterocycles. The smallest absolute Gasteiger partial charge is 0.0541 e. The van der Waals surface area contributed by atoms with Crippen molar-refractivity contribution in [1.82, 2.24) is 10.3 Å². The van der Waals surface area contributed by atoms with Gasteiger partial charge in [-0.25, -0.2) is 0 Å². The molecule has 0 spiro atoms. The van der Waals surface area contributed by atoms with Gasteiger partial charge in [0.1, 0.15) is 0 Å². The number of nitrogens with two attached hydrogens (primary N) is 1. The second kappa shape index (κ2) is 8.70. The third-order valence-corrected chi connectivity index (χ3v) is 3.10. The highest BCUT2D eigenvalue weighted by molar-refractivity contribution is 5.85. The van der Waals surface area contributed by atoms with Gasteiger partial charge in [0, 0.05) is 24.8 Å². The van der Waals surface area contributed by atoms with E-state index in [2.05, 4.69) is 31.1 Å². The van der Waals surface area contributed by atoms with E-state index in [1.807, 2.05) is 24.4 Å². The van der Waals surface area contributed by atoms with Crippen LogP contribution in [0.2, 0.25) is 0 Å². The maximum atomic E-state index is 5.79. The minimum Gasteiger partial charge on any atom is -0.329 e. The number of nitrogens with one attached hydrogen (secondary N) is 1. The highest BCUT2D eigenvalue weighted by Crippen LogP contribution is 2.15. The Morgan fingerprint density at radius 1 is 1.35 bits per heavy atom. The van der Waals surface area contributed by atoms with Crippen LogP contribution in [0.15, 0.2) is 24.4 Å². The van der Waals surface area contributed by atoms with Crippen LogP contribution < -0.4 is 11.1 Å². The number of hydrogen-bond acceptors (Lipinski definition) is 3. The number of hydrogen-bond donors (Lipinski definition) is 2. The molecule has 0 saturated heterocycles. The Morgan fingerprint density at radius 3 is 2.41 bits per heavy atom. The Kier molecular flexibility index (Phi) is 9.72. The summed E-state index contributed by atoms with van der Waals surface area (Å²) >= 11 is 0. The molecule has 1 heterocycles. The molecule has 0 aromatic carbocycles. The molecule has 5 heteroatoms. The Balaban J connectivity index is 0.